The molecule has 0 amide bonds. The minimum absolute atomic E-state index is 0.490. The molecular weight excluding hydrogens is 665 g/mol. The van der Waals surface area contributed by atoms with Crippen molar-refractivity contribution in [1.29, 1.82) is 0 Å². The molecule has 254 valence electrons. The van der Waals surface area contributed by atoms with Crippen molar-refractivity contribution in [3.63, 3.8) is 0 Å². The van der Waals surface area contributed by atoms with Crippen LogP contribution in [0.2, 0.25) is 0 Å². The summed E-state index contributed by atoms with van der Waals surface area (Å²) in [6.45, 7) is 0. The van der Waals surface area contributed by atoms with Gasteiger partial charge in [0.15, 0.2) is 0 Å². The van der Waals surface area contributed by atoms with Crippen LogP contribution in [0.4, 0.5) is 0 Å². The van der Waals surface area contributed by atoms with E-state index in [0.29, 0.717) is 0 Å². The van der Waals surface area contributed by atoms with E-state index in [1.165, 1.54) is 82.4 Å². The summed E-state index contributed by atoms with van der Waals surface area (Å²) in [5.74, 6) is 0. The Morgan fingerprint density at radius 2 is 0.945 bits per heavy atom. The number of hydrogen-bond acceptors (Lipinski definition) is 2. The number of rotatable bonds is 3. The molecule has 0 atom stereocenters. The first-order valence-electron chi connectivity index (χ1n) is 19.0. The third-order valence-electron chi connectivity index (χ3n) is 12.1. The number of aromatic nitrogens is 2. The average molecular weight is 697 g/mol. The van der Waals surface area contributed by atoms with Gasteiger partial charge in [0, 0.05) is 11.8 Å². The standard InChI is InChI=1S/C53H32N2/c1-4-19-41(47-25-13-26-49(55-47)48-24-11-12-31-54-48)35(14-1)33-27-29-36-34(32-33)28-30-44-50-42-20-5-2-15-37(42)38-16-3-6-21-43(38)52(50)53(51(36)44)45-22-9-7-17-39(45)40-18-8-10-23-46(40)53/h1-32H. The van der Waals surface area contributed by atoms with Gasteiger partial charge in [0.25, 0.3) is 0 Å². The molecular formula is C53H32N2. The van der Waals surface area contributed by atoms with Gasteiger partial charge in [-0.2, -0.15) is 0 Å². The van der Waals surface area contributed by atoms with Crippen molar-refractivity contribution < 1.29 is 0 Å². The van der Waals surface area contributed by atoms with Crippen LogP contribution in [0.3, 0.4) is 0 Å². The molecule has 10 aromatic rings. The smallest absolute Gasteiger partial charge is 0.0893 e. The van der Waals surface area contributed by atoms with Gasteiger partial charge in [-0.05, 0) is 118 Å². The van der Waals surface area contributed by atoms with E-state index in [9.17, 15) is 0 Å². The van der Waals surface area contributed by atoms with Crippen molar-refractivity contribution >= 4 is 32.3 Å². The molecule has 2 aliphatic rings. The molecule has 55 heavy (non-hydrogen) atoms. The predicted octanol–water partition coefficient (Wildman–Crippen LogP) is 13.3. The maximum atomic E-state index is 5.11. The first-order valence-corrected chi connectivity index (χ1v) is 19.0. The minimum Gasteiger partial charge on any atom is -0.255 e. The Morgan fingerprint density at radius 1 is 0.345 bits per heavy atom. The van der Waals surface area contributed by atoms with E-state index in [2.05, 4.69) is 169 Å². The summed E-state index contributed by atoms with van der Waals surface area (Å²) in [4.78, 5) is 9.68. The van der Waals surface area contributed by atoms with E-state index < -0.39 is 5.41 Å². The van der Waals surface area contributed by atoms with Gasteiger partial charge in [0.2, 0.25) is 0 Å². The van der Waals surface area contributed by atoms with Gasteiger partial charge in [-0.3, -0.25) is 4.98 Å². The third-order valence-corrected chi connectivity index (χ3v) is 12.1. The van der Waals surface area contributed by atoms with Crippen LogP contribution in [0.25, 0.3) is 88.3 Å². The highest BCUT2D eigenvalue weighted by Gasteiger charge is 2.53. The molecule has 0 N–H and O–H groups in total. The van der Waals surface area contributed by atoms with Crippen LogP contribution in [0, 0.1) is 0 Å². The Kier molecular flexibility index (Phi) is 6.29. The molecule has 2 heteroatoms. The number of pyridine rings is 2. The van der Waals surface area contributed by atoms with Crippen molar-refractivity contribution in [1.82, 2.24) is 9.97 Å². The molecule has 2 nitrogen and oxygen atoms in total. The fraction of sp³-hybridized carbons (Fsp3) is 0.0189. The number of hydrogen-bond donors (Lipinski definition) is 0. The first kappa shape index (κ1) is 30.3. The molecule has 2 heterocycles. The fourth-order valence-electron chi connectivity index (χ4n) is 10.0. The molecule has 1 spiro atoms. The molecule has 0 saturated carbocycles. The molecule has 0 bridgehead atoms. The predicted molar refractivity (Wildman–Crippen MR) is 227 cm³/mol. The highest BCUT2D eigenvalue weighted by atomic mass is 14.8. The zero-order valence-corrected chi connectivity index (χ0v) is 29.9. The quantitative estimate of drug-likeness (QED) is 0.172. The van der Waals surface area contributed by atoms with Crippen molar-refractivity contribution in [3.8, 4) is 56.0 Å². The first-order chi connectivity index (χ1) is 27.3. The number of nitrogens with zero attached hydrogens (tertiary/aromatic N) is 2. The number of fused-ring (bicyclic) bond motifs is 17. The van der Waals surface area contributed by atoms with E-state index >= 15 is 0 Å². The van der Waals surface area contributed by atoms with Crippen molar-refractivity contribution in [3.05, 3.63) is 217 Å². The Morgan fingerprint density at radius 3 is 1.69 bits per heavy atom. The van der Waals surface area contributed by atoms with E-state index in [0.717, 1.165) is 28.2 Å². The Bertz CT molecular complexity index is 3170. The second kappa shape index (κ2) is 11.4. The second-order valence-corrected chi connectivity index (χ2v) is 14.8. The van der Waals surface area contributed by atoms with Crippen LogP contribution in [-0.2, 0) is 5.41 Å². The normalized spacial score (nSPS) is 13.2. The largest absolute Gasteiger partial charge is 0.255 e. The summed E-state index contributed by atoms with van der Waals surface area (Å²) in [5.41, 5.74) is 16.4. The molecule has 0 saturated heterocycles. The topological polar surface area (TPSA) is 25.8 Å². The summed E-state index contributed by atoms with van der Waals surface area (Å²) >= 11 is 0. The molecule has 0 radical (unpaired) electrons. The van der Waals surface area contributed by atoms with E-state index in [4.69, 9.17) is 4.98 Å². The van der Waals surface area contributed by atoms with Crippen LogP contribution >= 0.6 is 0 Å². The average Bonchev–Trinajstić information content (AvgIpc) is 3.75. The fourth-order valence-corrected chi connectivity index (χ4v) is 10.0. The highest BCUT2D eigenvalue weighted by molar-refractivity contribution is 6.21. The molecule has 0 fully saturated rings. The van der Waals surface area contributed by atoms with Gasteiger partial charge in [0.05, 0.1) is 22.5 Å². The lowest BCUT2D eigenvalue weighted by atomic mass is 9.68. The summed E-state index contributed by atoms with van der Waals surface area (Å²) in [6, 6.07) is 69.0. The van der Waals surface area contributed by atoms with Gasteiger partial charge >= 0.3 is 0 Å². The van der Waals surface area contributed by atoms with Crippen molar-refractivity contribution in [2.45, 2.75) is 5.41 Å². The van der Waals surface area contributed by atoms with Crippen LogP contribution in [-0.4, -0.2) is 9.97 Å². The maximum Gasteiger partial charge on any atom is 0.0893 e. The second-order valence-electron chi connectivity index (χ2n) is 14.8. The molecule has 0 unspecified atom stereocenters. The maximum absolute atomic E-state index is 5.11. The molecule has 12 rings (SSSR count). The van der Waals surface area contributed by atoms with Crippen molar-refractivity contribution in [2.75, 3.05) is 0 Å². The van der Waals surface area contributed by atoms with Crippen LogP contribution in [0.15, 0.2) is 194 Å². The van der Waals surface area contributed by atoms with E-state index in [1.807, 2.05) is 30.5 Å². The van der Waals surface area contributed by atoms with Gasteiger partial charge < -0.3 is 0 Å². The van der Waals surface area contributed by atoms with Gasteiger partial charge in [0.1, 0.15) is 0 Å². The molecule has 0 aliphatic heterocycles. The van der Waals surface area contributed by atoms with Crippen LogP contribution < -0.4 is 0 Å². The molecule has 8 aromatic carbocycles. The van der Waals surface area contributed by atoms with Crippen LogP contribution in [0.5, 0.6) is 0 Å². The van der Waals surface area contributed by atoms with Crippen LogP contribution in [0.1, 0.15) is 22.3 Å². The van der Waals surface area contributed by atoms with Gasteiger partial charge in [-0.15, -0.1) is 0 Å². The SMILES string of the molecule is c1ccc(-c2cccc(-c3ccccc3-c3ccc4c5c(ccc4c3)-c3c(c4ccccc4c4ccccc34)C53c4ccccc4-c4ccccc43)n2)nc1. The lowest BCUT2D eigenvalue weighted by molar-refractivity contribution is 0.809. The van der Waals surface area contributed by atoms with Gasteiger partial charge in [-0.25, -0.2) is 4.98 Å². The Balaban J connectivity index is 1.15. The highest BCUT2D eigenvalue weighted by Crippen LogP contribution is 2.66. The minimum atomic E-state index is -0.490. The lowest BCUT2D eigenvalue weighted by Gasteiger charge is -2.32. The zero-order chi connectivity index (χ0) is 36.1. The zero-order valence-electron chi connectivity index (χ0n) is 29.9. The Hall–Kier alpha value is -7.16. The number of benzene rings is 8. The molecule has 2 aliphatic carbocycles. The van der Waals surface area contributed by atoms with Gasteiger partial charge in [-0.1, -0.05) is 158 Å². The van der Waals surface area contributed by atoms with E-state index in [1.54, 1.807) is 0 Å². The molecule has 2 aromatic heterocycles. The summed E-state index contributed by atoms with van der Waals surface area (Å²) in [5, 5.41) is 7.73. The summed E-state index contributed by atoms with van der Waals surface area (Å²) in [7, 11) is 0. The Labute approximate surface area is 319 Å². The summed E-state index contributed by atoms with van der Waals surface area (Å²) in [6.07, 6.45) is 1.82. The third kappa shape index (κ3) is 4.08. The monoisotopic (exact) mass is 696 g/mol. The van der Waals surface area contributed by atoms with Crippen molar-refractivity contribution in [2.24, 2.45) is 0 Å². The lowest BCUT2D eigenvalue weighted by Crippen LogP contribution is -2.26. The van der Waals surface area contributed by atoms with E-state index in [-0.39, 0.29) is 0 Å². The summed E-state index contributed by atoms with van der Waals surface area (Å²) < 4.78 is 0.